The Morgan fingerprint density at radius 1 is 1.20 bits per heavy atom. The molecule has 0 aromatic heterocycles. The van der Waals surface area contributed by atoms with E-state index in [4.69, 9.17) is 27.9 Å². The molecule has 2 rings (SSSR count). The summed E-state index contributed by atoms with van der Waals surface area (Å²) in [5.41, 5.74) is 2.65. The van der Waals surface area contributed by atoms with Gasteiger partial charge in [-0.1, -0.05) is 29.3 Å². The van der Waals surface area contributed by atoms with Crippen LogP contribution in [0.4, 0.5) is 0 Å². The first-order chi connectivity index (χ1) is 12.0. The molecule has 0 unspecified atom stereocenters. The third-order valence-corrected chi connectivity index (χ3v) is 5.14. The summed E-state index contributed by atoms with van der Waals surface area (Å²) in [6, 6.07) is 11.0. The van der Waals surface area contributed by atoms with E-state index >= 15 is 0 Å². The van der Waals surface area contributed by atoms with Crippen molar-refractivity contribution in [2.24, 2.45) is 0 Å². The van der Waals surface area contributed by atoms with E-state index < -0.39 is 0 Å². The standard InChI is InChI=1S/C19H21Cl2NO2S/c1-3-24-18-7-5-14(10-13(18)2)19(23)22-8-9-25-12-15-4-6-16(20)11-17(15)21/h4-7,10-11H,3,8-9,12H2,1-2H3,(H,22,23). The first kappa shape index (κ1) is 20.0. The number of aryl methyl sites for hydroxylation is 1. The number of nitrogens with one attached hydrogen (secondary N) is 1. The van der Waals surface area contributed by atoms with Crippen molar-refractivity contribution in [3.8, 4) is 5.75 Å². The smallest absolute Gasteiger partial charge is 0.251 e. The average Bonchev–Trinajstić information content (AvgIpc) is 2.58. The van der Waals surface area contributed by atoms with Crippen LogP contribution in [0.25, 0.3) is 0 Å². The molecule has 0 aliphatic carbocycles. The summed E-state index contributed by atoms with van der Waals surface area (Å²) in [7, 11) is 0. The predicted octanol–water partition coefficient (Wildman–Crippen LogP) is 5.36. The number of amides is 1. The SMILES string of the molecule is CCOc1ccc(C(=O)NCCSCc2ccc(Cl)cc2Cl)cc1C. The van der Waals surface area contributed by atoms with Crippen LogP contribution in [0.5, 0.6) is 5.75 Å². The molecule has 1 amide bonds. The van der Waals surface area contributed by atoms with Gasteiger partial charge in [-0.05, 0) is 55.3 Å². The van der Waals surface area contributed by atoms with E-state index in [0.29, 0.717) is 28.8 Å². The second-order valence-electron chi connectivity index (χ2n) is 5.46. The predicted molar refractivity (Wildman–Crippen MR) is 107 cm³/mol. The van der Waals surface area contributed by atoms with Gasteiger partial charge in [-0.15, -0.1) is 0 Å². The van der Waals surface area contributed by atoms with Crippen LogP contribution in [0, 0.1) is 6.92 Å². The zero-order chi connectivity index (χ0) is 18.2. The molecule has 1 N–H and O–H groups in total. The fourth-order valence-electron chi connectivity index (χ4n) is 2.27. The highest BCUT2D eigenvalue weighted by molar-refractivity contribution is 7.98. The van der Waals surface area contributed by atoms with Crippen molar-refractivity contribution in [3.05, 3.63) is 63.1 Å². The van der Waals surface area contributed by atoms with Crippen molar-refractivity contribution in [1.29, 1.82) is 0 Å². The molecule has 0 spiro atoms. The van der Waals surface area contributed by atoms with E-state index in [1.807, 2.05) is 38.1 Å². The fraction of sp³-hybridized carbons (Fsp3) is 0.316. The molecule has 25 heavy (non-hydrogen) atoms. The highest BCUT2D eigenvalue weighted by atomic mass is 35.5. The Morgan fingerprint density at radius 3 is 2.68 bits per heavy atom. The Balaban J connectivity index is 1.76. The molecular weight excluding hydrogens is 377 g/mol. The van der Waals surface area contributed by atoms with Crippen LogP contribution >= 0.6 is 35.0 Å². The van der Waals surface area contributed by atoms with Crippen LogP contribution in [0.1, 0.15) is 28.4 Å². The minimum atomic E-state index is -0.0729. The first-order valence-electron chi connectivity index (χ1n) is 8.04. The summed E-state index contributed by atoms with van der Waals surface area (Å²) in [5.74, 6) is 2.33. The summed E-state index contributed by atoms with van der Waals surface area (Å²) in [5, 5.41) is 4.24. The third-order valence-electron chi connectivity index (χ3n) is 3.54. The van der Waals surface area contributed by atoms with Gasteiger partial charge in [0.15, 0.2) is 0 Å². The number of rotatable bonds is 8. The lowest BCUT2D eigenvalue weighted by molar-refractivity contribution is 0.0956. The minimum absolute atomic E-state index is 0.0729. The summed E-state index contributed by atoms with van der Waals surface area (Å²) < 4.78 is 5.49. The third kappa shape index (κ3) is 6.14. The Morgan fingerprint density at radius 2 is 2.00 bits per heavy atom. The highest BCUT2D eigenvalue weighted by Crippen LogP contribution is 2.24. The Kier molecular flexibility index (Phi) is 7.94. The maximum atomic E-state index is 12.2. The number of hydrogen-bond acceptors (Lipinski definition) is 3. The second kappa shape index (κ2) is 9.95. The monoisotopic (exact) mass is 397 g/mol. The van der Waals surface area contributed by atoms with Gasteiger partial charge in [0.25, 0.3) is 5.91 Å². The molecule has 0 aliphatic heterocycles. The second-order valence-corrected chi connectivity index (χ2v) is 7.41. The van der Waals surface area contributed by atoms with Crippen molar-refractivity contribution in [2.45, 2.75) is 19.6 Å². The summed E-state index contributed by atoms with van der Waals surface area (Å²) in [6.45, 7) is 5.09. The lowest BCUT2D eigenvalue weighted by Crippen LogP contribution is -2.25. The fourth-order valence-corrected chi connectivity index (χ4v) is 3.68. The van der Waals surface area contributed by atoms with E-state index in [1.165, 1.54) is 0 Å². The molecule has 0 radical (unpaired) electrons. The molecule has 0 bridgehead atoms. The van der Waals surface area contributed by atoms with Crippen LogP contribution in [-0.2, 0) is 5.75 Å². The van der Waals surface area contributed by atoms with E-state index in [1.54, 1.807) is 23.9 Å². The molecule has 0 saturated carbocycles. The van der Waals surface area contributed by atoms with Gasteiger partial charge in [0, 0.05) is 33.7 Å². The molecule has 134 valence electrons. The first-order valence-corrected chi connectivity index (χ1v) is 9.95. The molecule has 2 aromatic carbocycles. The summed E-state index contributed by atoms with van der Waals surface area (Å²) in [6.07, 6.45) is 0. The van der Waals surface area contributed by atoms with Crippen LogP contribution in [0.3, 0.4) is 0 Å². The average molecular weight is 398 g/mol. The van der Waals surface area contributed by atoms with Crippen molar-refractivity contribution < 1.29 is 9.53 Å². The van der Waals surface area contributed by atoms with Crippen LogP contribution in [0.2, 0.25) is 10.0 Å². The zero-order valence-corrected chi connectivity index (χ0v) is 16.6. The number of thioether (sulfide) groups is 1. The maximum absolute atomic E-state index is 12.2. The quantitative estimate of drug-likeness (QED) is 0.608. The van der Waals surface area contributed by atoms with Crippen LogP contribution < -0.4 is 10.1 Å². The molecule has 0 heterocycles. The van der Waals surface area contributed by atoms with Gasteiger partial charge in [-0.3, -0.25) is 4.79 Å². The van der Waals surface area contributed by atoms with E-state index in [2.05, 4.69) is 5.32 Å². The highest BCUT2D eigenvalue weighted by Gasteiger charge is 2.08. The number of ether oxygens (including phenoxy) is 1. The zero-order valence-electron chi connectivity index (χ0n) is 14.3. The maximum Gasteiger partial charge on any atom is 0.251 e. The molecule has 3 nitrogen and oxygen atoms in total. The molecule has 0 atom stereocenters. The van der Waals surface area contributed by atoms with E-state index in [-0.39, 0.29) is 5.91 Å². The summed E-state index contributed by atoms with van der Waals surface area (Å²) in [4.78, 5) is 12.2. The van der Waals surface area contributed by atoms with Crippen molar-refractivity contribution in [2.75, 3.05) is 18.9 Å². The molecule has 6 heteroatoms. The summed E-state index contributed by atoms with van der Waals surface area (Å²) >= 11 is 13.7. The molecule has 2 aromatic rings. The van der Waals surface area contributed by atoms with Crippen molar-refractivity contribution in [3.63, 3.8) is 0 Å². The van der Waals surface area contributed by atoms with Crippen LogP contribution in [0.15, 0.2) is 36.4 Å². The molecular formula is C19H21Cl2NO2S. The number of carbonyl (C=O) groups excluding carboxylic acids is 1. The Hall–Kier alpha value is -1.36. The number of hydrogen-bond donors (Lipinski definition) is 1. The van der Waals surface area contributed by atoms with E-state index in [0.717, 1.165) is 28.4 Å². The number of benzene rings is 2. The van der Waals surface area contributed by atoms with E-state index in [9.17, 15) is 4.79 Å². The Bertz CT molecular complexity index is 737. The van der Waals surface area contributed by atoms with Gasteiger partial charge in [0.1, 0.15) is 5.75 Å². The van der Waals surface area contributed by atoms with Gasteiger partial charge in [-0.2, -0.15) is 11.8 Å². The van der Waals surface area contributed by atoms with Crippen molar-refractivity contribution in [1.82, 2.24) is 5.32 Å². The molecule has 0 fully saturated rings. The van der Waals surface area contributed by atoms with Gasteiger partial charge in [0.2, 0.25) is 0 Å². The Labute approximate surface area is 163 Å². The largest absolute Gasteiger partial charge is 0.494 e. The number of halogens is 2. The normalized spacial score (nSPS) is 10.6. The van der Waals surface area contributed by atoms with Gasteiger partial charge < -0.3 is 10.1 Å². The van der Waals surface area contributed by atoms with Gasteiger partial charge >= 0.3 is 0 Å². The topological polar surface area (TPSA) is 38.3 Å². The minimum Gasteiger partial charge on any atom is -0.494 e. The lowest BCUT2D eigenvalue weighted by Gasteiger charge is -2.10. The molecule has 0 saturated heterocycles. The number of carbonyl (C=O) groups is 1. The molecule has 0 aliphatic rings. The lowest BCUT2D eigenvalue weighted by atomic mass is 10.1. The van der Waals surface area contributed by atoms with Gasteiger partial charge in [-0.25, -0.2) is 0 Å². The van der Waals surface area contributed by atoms with Crippen LogP contribution in [-0.4, -0.2) is 24.8 Å². The van der Waals surface area contributed by atoms with Crippen molar-refractivity contribution >= 4 is 40.9 Å². The van der Waals surface area contributed by atoms with Gasteiger partial charge in [0.05, 0.1) is 6.61 Å².